The first kappa shape index (κ1) is 14.9. The zero-order chi connectivity index (χ0) is 12.7. The summed E-state index contributed by atoms with van der Waals surface area (Å²) in [6.45, 7) is 8.53. The molecule has 0 aromatic carbocycles. The van der Waals surface area contributed by atoms with Crippen molar-refractivity contribution in [2.45, 2.75) is 58.7 Å². The van der Waals surface area contributed by atoms with Gasteiger partial charge in [-0.1, -0.05) is 13.3 Å². The van der Waals surface area contributed by atoms with E-state index in [1.165, 1.54) is 25.7 Å². The lowest BCUT2D eigenvalue weighted by Gasteiger charge is -2.35. The average Bonchev–Trinajstić information content (AvgIpc) is 2.34. The van der Waals surface area contributed by atoms with Crippen molar-refractivity contribution in [1.82, 2.24) is 0 Å². The van der Waals surface area contributed by atoms with E-state index in [0.29, 0.717) is 31.3 Å². The molecule has 0 aromatic heterocycles. The average molecular weight is 243 g/mol. The molecule has 0 heterocycles. The molecule has 3 heteroatoms. The molecule has 3 unspecified atom stereocenters. The van der Waals surface area contributed by atoms with Gasteiger partial charge in [0.1, 0.15) is 0 Å². The van der Waals surface area contributed by atoms with Crippen molar-refractivity contribution >= 4 is 0 Å². The number of ether oxygens (including phenoxy) is 2. The molecule has 3 nitrogen and oxygen atoms in total. The fourth-order valence-electron chi connectivity index (χ4n) is 2.60. The van der Waals surface area contributed by atoms with E-state index in [2.05, 4.69) is 20.8 Å². The molecular weight excluding hydrogens is 214 g/mol. The lowest BCUT2D eigenvalue weighted by molar-refractivity contribution is -0.0548. The quantitative estimate of drug-likeness (QED) is 0.699. The topological polar surface area (TPSA) is 44.5 Å². The van der Waals surface area contributed by atoms with Gasteiger partial charge >= 0.3 is 0 Å². The molecular formula is C14H29NO2. The molecule has 1 rings (SSSR count). The molecule has 0 spiro atoms. The highest BCUT2D eigenvalue weighted by Gasteiger charge is 2.29. The summed E-state index contributed by atoms with van der Waals surface area (Å²) in [4.78, 5) is 0. The van der Waals surface area contributed by atoms with Gasteiger partial charge in [-0.15, -0.1) is 0 Å². The Kier molecular flexibility index (Phi) is 7.09. The zero-order valence-corrected chi connectivity index (χ0v) is 11.7. The molecule has 0 radical (unpaired) electrons. The lowest BCUT2D eigenvalue weighted by Crippen LogP contribution is -2.37. The van der Waals surface area contributed by atoms with Crippen molar-refractivity contribution in [2.24, 2.45) is 17.6 Å². The highest BCUT2D eigenvalue weighted by Crippen LogP contribution is 2.32. The van der Waals surface area contributed by atoms with Gasteiger partial charge in [0.15, 0.2) is 0 Å². The number of rotatable bonds is 7. The second-order valence-corrected chi connectivity index (χ2v) is 5.41. The number of nitrogens with two attached hydrogens (primary N) is 1. The van der Waals surface area contributed by atoms with Crippen LogP contribution in [0.25, 0.3) is 0 Å². The monoisotopic (exact) mass is 243 g/mol. The molecule has 17 heavy (non-hydrogen) atoms. The molecule has 0 aromatic rings. The fraction of sp³-hybridized carbons (Fsp3) is 1.00. The largest absolute Gasteiger partial charge is 0.376 e. The minimum absolute atomic E-state index is 0.290. The summed E-state index contributed by atoms with van der Waals surface area (Å²) < 4.78 is 11.5. The second-order valence-electron chi connectivity index (χ2n) is 5.41. The van der Waals surface area contributed by atoms with Gasteiger partial charge < -0.3 is 15.2 Å². The third kappa shape index (κ3) is 5.36. The summed E-state index contributed by atoms with van der Waals surface area (Å²) in [7, 11) is 0. The standard InChI is InChI=1S/C14H29NO2/c1-4-12-5-6-13(10-15)14(9-12)17-8-7-16-11(2)3/h11-14H,4-10,15H2,1-3H3. The second kappa shape index (κ2) is 8.06. The van der Waals surface area contributed by atoms with E-state index in [4.69, 9.17) is 15.2 Å². The van der Waals surface area contributed by atoms with Crippen molar-refractivity contribution in [2.75, 3.05) is 19.8 Å². The Morgan fingerprint density at radius 3 is 2.59 bits per heavy atom. The minimum Gasteiger partial charge on any atom is -0.376 e. The molecule has 0 aliphatic heterocycles. The maximum absolute atomic E-state index is 5.96. The first-order valence-corrected chi connectivity index (χ1v) is 7.10. The maximum atomic E-state index is 5.96. The third-order valence-corrected chi connectivity index (χ3v) is 3.78. The van der Waals surface area contributed by atoms with Crippen molar-refractivity contribution in [3.05, 3.63) is 0 Å². The summed E-state index contributed by atoms with van der Waals surface area (Å²) in [5, 5.41) is 0. The Balaban J connectivity index is 2.26. The SMILES string of the molecule is CCC1CCC(CN)C(OCCOC(C)C)C1. The van der Waals surface area contributed by atoms with Crippen molar-refractivity contribution in [1.29, 1.82) is 0 Å². The molecule has 1 saturated carbocycles. The molecule has 0 saturated heterocycles. The third-order valence-electron chi connectivity index (χ3n) is 3.78. The fourth-order valence-corrected chi connectivity index (χ4v) is 2.60. The molecule has 1 aliphatic carbocycles. The van der Waals surface area contributed by atoms with Gasteiger partial charge in [0.25, 0.3) is 0 Å². The van der Waals surface area contributed by atoms with Gasteiger partial charge in [-0.2, -0.15) is 0 Å². The van der Waals surface area contributed by atoms with Crippen LogP contribution in [0.1, 0.15) is 46.5 Å². The predicted octanol–water partition coefficient (Wildman–Crippen LogP) is 2.58. The predicted molar refractivity (Wildman–Crippen MR) is 71.0 cm³/mol. The Morgan fingerprint density at radius 1 is 1.24 bits per heavy atom. The minimum atomic E-state index is 0.290. The molecule has 1 aliphatic rings. The van der Waals surface area contributed by atoms with Crippen molar-refractivity contribution in [3.8, 4) is 0 Å². The van der Waals surface area contributed by atoms with Gasteiger partial charge in [0.2, 0.25) is 0 Å². The molecule has 0 amide bonds. The Labute approximate surface area is 106 Å². The highest BCUT2D eigenvalue weighted by atomic mass is 16.5. The lowest BCUT2D eigenvalue weighted by atomic mass is 9.78. The van der Waals surface area contributed by atoms with E-state index in [-0.39, 0.29) is 0 Å². The summed E-state index contributed by atoms with van der Waals surface area (Å²) in [6.07, 6.45) is 5.64. The van der Waals surface area contributed by atoms with Crippen LogP contribution in [0.4, 0.5) is 0 Å². The zero-order valence-electron chi connectivity index (χ0n) is 11.7. The molecule has 0 bridgehead atoms. The number of hydrogen-bond acceptors (Lipinski definition) is 3. The van der Waals surface area contributed by atoms with Gasteiger partial charge in [-0.25, -0.2) is 0 Å². The number of hydrogen-bond donors (Lipinski definition) is 1. The molecule has 1 fully saturated rings. The van der Waals surface area contributed by atoms with E-state index in [0.717, 1.165) is 12.5 Å². The maximum Gasteiger partial charge on any atom is 0.0704 e. The summed E-state index contributed by atoms with van der Waals surface area (Å²) in [5.74, 6) is 1.38. The Hall–Kier alpha value is -0.120. The van der Waals surface area contributed by atoms with Crippen LogP contribution in [0.15, 0.2) is 0 Å². The first-order chi connectivity index (χ1) is 8.17. The smallest absolute Gasteiger partial charge is 0.0704 e. The van der Waals surface area contributed by atoms with Gasteiger partial charge in [0, 0.05) is 0 Å². The normalized spacial score (nSPS) is 29.8. The summed E-state index contributed by atoms with van der Waals surface area (Å²) in [5.41, 5.74) is 5.82. The summed E-state index contributed by atoms with van der Waals surface area (Å²) in [6, 6.07) is 0. The highest BCUT2D eigenvalue weighted by molar-refractivity contribution is 4.81. The molecule has 102 valence electrons. The first-order valence-electron chi connectivity index (χ1n) is 7.10. The van der Waals surface area contributed by atoms with E-state index < -0.39 is 0 Å². The Bertz CT molecular complexity index is 197. The van der Waals surface area contributed by atoms with Crippen LogP contribution >= 0.6 is 0 Å². The van der Waals surface area contributed by atoms with Crippen LogP contribution < -0.4 is 5.73 Å². The van der Waals surface area contributed by atoms with E-state index in [1.54, 1.807) is 0 Å². The van der Waals surface area contributed by atoms with Crippen LogP contribution in [-0.4, -0.2) is 32.0 Å². The molecule has 2 N–H and O–H groups in total. The van der Waals surface area contributed by atoms with Crippen LogP contribution in [0.5, 0.6) is 0 Å². The van der Waals surface area contributed by atoms with Crippen LogP contribution in [0.2, 0.25) is 0 Å². The molecule has 3 atom stereocenters. The summed E-state index contributed by atoms with van der Waals surface area (Å²) >= 11 is 0. The van der Waals surface area contributed by atoms with Crippen molar-refractivity contribution < 1.29 is 9.47 Å². The van der Waals surface area contributed by atoms with Gasteiger partial charge in [-0.3, -0.25) is 0 Å². The van der Waals surface area contributed by atoms with Crippen LogP contribution in [0.3, 0.4) is 0 Å². The van der Waals surface area contributed by atoms with E-state index >= 15 is 0 Å². The Morgan fingerprint density at radius 2 is 2.00 bits per heavy atom. The van der Waals surface area contributed by atoms with Gasteiger partial charge in [-0.05, 0) is 51.5 Å². The van der Waals surface area contributed by atoms with E-state index in [9.17, 15) is 0 Å². The van der Waals surface area contributed by atoms with Crippen molar-refractivity contribution in [3.63, 3.8) is 0 Å². The van der Waals surface area contributed by atoms with Crippen LogP contribution in [0, 0.1) is 11.8 Å². The van der Waals surface area contributed by atoms with E-state index in [1.807, 2.05) is 0 Å². The van der Waals surface area contributed by atoms with Gasteiger partial charge in [0.05, 0.1) is 25.4 Å². The van der Waals surface area contributed by atoms with Crippen LogP contribution in [-0.2, 0) is 9.47 Å².